The average molecular weight is 454 g/mol. The van der Waals surface area contributed by atoms with Crippen molar-refractivity contribution in [3.8, 4) is 11.4 Å². The lowest BCUT2D eigenvalue weighted by molar-refractivity contribution is 0.155. The molecule has 168 valence electrons. The van der Waals surface area contributed by atoms with Gasteiger partial charge in [-0.25, -0.2) is 14.2 Å². The molecule has 9 heteroatoms. The third-order valence-electron chi connectivity index (χ3n) is 5.97. The second-order valence-electron chi connectivity index (χ2n) is 8.13. The molecule has 1 aliphatic rings. The molecule has 2 N–H and O–H groups in total. The fourth-order valence-electron chi connectivity index (χ4n) is 4.25. The van der Waals surface area contributed by atoms with Crippen LogP contribution < -0.4 is 5.32 Å². The molecule has 8 nitrogen and oxygen atoms in total. The fraction of sp³-hybridized carbons (Fsp3) is 0.120. The Morgan fingerprint density at radius 2 is 1.97 bits per heavy atom. The van der Waals surface area contributed by atoms with Gasteiger partial charge in [-0.05, 0) is 35.0 Å². The van der Waals surface area contributed by atoms with E-state index in [2.05, 4.69) is 25.4 Å². The van der Waals surface area contributed by atoms with Gasteiger partial charge in [0.05, 0.1) is 24.3 Å². The Balaban J connectivity index is 1.32. The molecule has 2 amide bonds. The van der Waals surface area contributed by atoms with Crippen LogP contribution in [0.1, 0.15) is 23.3 Å². The molecule has 0 fully saturated rings. The lowest BCUT2D eigenvalue weighted by atomic mass is 10.0. The van der Waals surface area contributed by atoms with Gasteiger partial charge < -0.3 is 19.7 Å². The van der Waals surface area contributed by atoms with Crippen LogP contribution in [-0.4, -0.2) is 31.0 Å². The first-order valence-electron chi connectivity index (χ1n) is 10.8. The molecule has 3 heterocycles. The zero-order valence-electron chi connectivity index (χ0n) is 17.9. The largest absolute Gasteiger partial charge is 0.347 e. The minimum absolute atomic E-state index is 0.273. The van der Waals surface area contributed by atoms with Gasteiger partial charge in [-0.1, -0.05) is 47.6 Å². The number of fused-ring (bicyclic) bond motifs is 2. The summed E-state index contributed by atoms with van der Waals surface area (Å²) in [6.45, 7) is 0.273. The van der Waals surface area contributed by atoms with Gasteiger partial charge in [0, 0.05) is 17.7 Å². The van der Waals surface area contributed by atoms with Crippen molar-refractivity contribution >= 4 is 22.5 Å². The number of carbonyl (C=O) groups is 1. The van der Waals surface area contributed by atoms with E-state index in [-0.39, 0.29) is 6.54 Å². The Kier molecular flexibility index (Phi) is 4.80. The maximum atomic E-state index is 13.6. The highest BCUT2D eigenvalue weighted by Crippen LogP contribution is 2.33. The van der Waals surface area contributed by atoms with Crippen molar-refractivity contribution in [1.29, 1.82) is 0 Å². The number of imidazole rings is 1. The Bertz CT molecular complexity index is 1510. The van der Waals surface area contributed by atoms with Gasteiger partial charge in [0.15, 0.2) is 0 Å². The summed E-state index contributed by atoms with van der Waals surface area (Å²) in [7, 11) is 0. The van der Waals surface area contributed by atoms with Crippen LogP contribution in [0.3, 0.4) is 0 Å². The van der Waals surface area contributed by atoms with E-state index in [9.17, 15) is 9.18 Å². The molecule has 0 bridgehead atoms. The van der Waals surface area contributed by atoms with Gasteiger partial charge in [-0.2, -0.15) is 4.98 Å². The zero-order valence-corrected chi connectivity index (χ0v) is 17.9. The third kappa shape index (κ3) is 3.66. The molecular formula is C25H19FN6O2. The number of carbonyl (C=O) groups excluding carboxylic acids is 1. The summed E-state index contributed by atoms with van der Waals surface area (Å²) in [6.07, 6.45) is 2.01. The highest BCUT2D eigenvalue weighted by molar-refractivity contribution is 5.90. The average Bonchev–Trinajstić information content (AvgIpc) is 3.52. The van der Waals surface area contributed by atoms with Gasteiger partial charge in [0.1, 0.15) is 11.9 Å². The molecule has 1 aliphatic heterocycles. The van der Waals surface area contributed by atoms with Crippen LogP contribution in [0.4, 0.5) is 14.9 Å². The first kappa shape index (κ1) is 20.1. The topological polar surface area (TPSA) is 99.9 Å². The molecule has 0 spiro atoms. The number of H-pyrrole nitrogens is 1. The summed E-state index contributed by atoms with van der Waals surface area (Å²) in [4.78, 5) is 26.8. The Hall–Kier alpha value is -4.53. The van der Waals surface area contributed by atoms with E-state index in [1.807, 2.05) is 42.5 Å². The number of nitrogens with zero attached hydrogens (tertiary/aromatic N) is 4. The standard InChI is InChI=1S/C25H19FN6O2/c26-18-6-3-7-19(11-18)29-25(33)32-13-21-20(27-14-28-21)12-22(32)24-30-23(31-34-24)17-9-8-15-4-1-2-5-16(15)10-17/h1-11,14,22H,12-13H2,(H,27,28)(H,29,33). The molecule has 5 aromatic rings. The number of benzene rings is 3. The van der Waals surface area contributed by atoms with Crippen molar-refractivity contribution in [3.05, 3.63) is 96.2 Å². The number of hydrogen-bond donors (Lipinski definition) is 2. The highest BCUT2D eigenvalue weighted by atomic mass is 19.1. The fourth-order valence-corrected chi connectivity index (χ4v) is 4.25. The van der Waals surface area contributed by atoms with Crippen molar-refractivity contribution in [1.82, 2.24) is 25.0 Å². The second kappa shape index (κ2) is 8.11. The van der Waals surface area contributed by atoms with Gasteiger partial charge in [-0.15, -0.1) is 0 Å². The summed E-state index contributed by atoms with van der Waals surface area (Å²) in [5.74, 6) is 0.325. The van der Waals surface area contributed by atoms with Gasteiger partial charge in [-0.3, -0.25) is 0 Å². The maximum Gasteiger partial charge on any atom is 0.322 e. The van der Waals surface area contributed by atoms with Crippen LogP contribution in [0.15, 0.2) is 77.6 Å². The Morgan fingerprint density at radius 1 is 1.09 bits per heavy atom. The smallest absolute Gasteiger partial charge is 0.322 e. The number of nitrogens with one attached hydrogen (secondary N) is 2. The second-order valence-corrected chi connectivity index (χ2v) is 8.13. The number of aromatic amines is 1. The molecule has 3 aromatic carbocycles. The van der Waals surface area contributed by atoms with Gasteiger partial charge in [0.2, 0.25) is 11.7 Å². The molecule has 2 aromatic heterocycles. The van der Waals surface area contributed by atoms with E-state index in [0.29, 0.717) is 23.8 Å². The molecule has 1 atom stereocenters. The minimum atomic E-state index is -0.522. The van der Waals surface area contributed by atoms with Gasteiger partial charge in [0.25, 0.3) is 0 Å². The van der Waals surface area contributed by atoms with Crippen LogP contribution in [-0.2, 0) is 13.0 Å². The van der Waals surface area contributed by atoms with Crippen LogP contribution in [0, 0.1) is 5.82 Å². The predicted octanol–water partition coefficient (Wildman–Crippen LogP) is 5.08. The maximum absolute atomic E-state index is 13.6. The summed E-state index contributed by atoms with van der Waals surface area (Å²) < 4.78 is 19.2. The summed E-state index contributed by atoms with van der Waals surface area (Å²) >= 11 is 0. The molecule has 6 rings (SSSR count). The number of amides is 2. The number of halogens is 1. The monoisotopic (exact) mass is 454 g/mol. The van der Waals surface area contributed by atoms with E-state index in [1.54, 1.807) is 23.4 Å². The summed E-state index contributed by atoms with van der Waals surface area (Å²) in [5.41, 5.74) is 2.85. The van der Waals surface area contributed by atoms with Crippen LogP contribution in [0.5, 0.6) is 0 Å². The van der Waals surface area contributed by atoms with Crippen molar-refractivity contribution in [2.75, 3.05) is 5.32 Å². The van der Waals surface area contributed by atoms with E-state index >= 15 is 0 Å². The molecule has 0 radical (unpaired) electrons. The van der Waals surface area contributed by atoms with Crippen molar-refractivity contribution in [3.63, 3.8) is 0 Å². The van der Waals surface area contributed by atoms with Crippen molar-refractivity contribution < 1.29 is 13.7 Å². The number of hydrogen-bond acceptors (Lipinski definition) is 5. The molecule has 0 saturated carbocycles. The van der Waals surface area contributed by atoms with E-state index in [1.165, 1.54) is 12.1 Å². The van der Waals surface area contributed by atoms with E-state index in [4.69, 9.17) is 4.52 Å². The van der Waals surface area contributed by atoms with E-state index in [0.717, 1.165) is 27.7 Å². The number of urea groups is 1. The Morgan fingerprint density at radius 3 is 2.85 bits per heavy atom. The van der Waals surface area contributed by atoms with Crippen molar-refractivity contribution in [2.24, 2.45) is 0 Å². The van der Waals surface area contributed by atoms with E-state index < -0.39 is 17.9 Å². The molecule has 0 aliphatic carbocycles. The summed E-state index contributed by atoms with van der Waals surface area (Å²) in [6, 6.07) is 18.8. The lowest BCUT2D eigenvalue weighted by Gasteiger charge is -2.32. The number of rotatable bonds is 3. The number of anilines is 1. The quantitative estimate of drug-likeness (QED) is 0.396. The SMILES string of the molecule is O=C(Nc1cccc(F)c1)N1Cc2[nH]cnc2CC1c1nc(-c2ccc3ccccc3c2)no1. The highest BCUT2D eigenvalue weighted by Gasteiger charge is 2.36. The zero-order chi connectivity index (χ0) is 23.1. The first-order chi connectivity index (χ1) is 16.6. The molecule has 34 heavy (non-hydrogen) atoms. The first-order valence-corrected chi connectivity index (χ1v) is 10.8. The Labute approximate surface area is 193 Å². The third-order valence-corrected chi connectivity index (χ3v) is 5.97. The molecule has 1 unspecified atom stereocenters. The molecular weight excluding hydrogens is 435 g/mol. The minimum Gasteiger partial charge on any atom is -0.347 e. The van der Waals surface area contributed by atoms with Crippen LogP contribution in [0.2, 0.25) is 0 Å². The van der Waals surface area contributed by atoms with Crippen LogP contribution in [0.25, 0.3) is 22.2 Å². The number of aromatic nitrogens is 4. The normalized spacial score (nSPS) is 15.3. The molecule has 0 saturated heterocycles. The van der Waals surface area contributed by atoms with Gasteiger partial charge >= 0.3 is 6.03 Å². The van der Waals surface area contributed by atoms with Crippen LogP contribution >= 0.6 is 0 Å². The lowest BCUT2D eigenvalue weighted by Crippen LogP contribution is -2.41. The summed E-state index contributed by atoms with van der Waals surface area (Å²) in [5, 5.41) is 9.13. The van der Waals surface area contributed by atoms with Crippen molar-refractivity contribution in [2.45, 2.75) is 19.0 Å². The predicted molar refractivity (Wildman–Crippen MR) is 123 cm³/mol.